The van der Waals surface area contributed by atoms with Gasteiger partial charge in [-0.25, -0.2) is 4.39 Å². The maximum absolute atomic E-state index is 13.6. The Morgan fingerprint density at radius 1 is 1.00 bits per heavy atom. The number of thiocarbonyl (C=S) groups is 1. The topological polar surface area (TPSA) is 41.3 Å². The van der Waals surface area contributed by atoms with Crippen LogP contribution in [0.3, 0.4) is 0 Å². The van der Waals surface area contributed by atoms with E-state index in [0.29, 0.717) is 26.7 Å². The summed E-state index contributed by atoms with van der Waals surface area (Å²) in [6, 6.07) is 20.3. The van der Waals surface area contributed by atoms with Gasteiger partial charge in [-0.15, -0.1) is 0 Å². The largest absolute Gasteiger partial charge is 0.459 e. The van der Waals surface area contributed by atoms with Gasteiger partial charge in [-0.1, -0.05) is 29.3 Å². The second-order valence-corrected chi connectivity index (χ2v) is 8.53. The molecule has 0 saturated carbocycles. The maximum Gasteiger partial charge on any atom is 0.174 e. The summed E-state index contributed by atoms with van der Waals surface area (Å²) in [5.41, 5.74) is 2.29. The number of halogens is 3. The van der Waals surface area contributed by atoms with Crippen molar-refractivity contribution in [2.24, 2.45) is 0 Å². The van der Waals surface area contributed by atoms with E-state index in [9.17, 15) is 4.39 Å². The quantitative estimate of drug-likeness (QED) is 0.317. The third-order valence-corrected chi connectivity index (χ3v) is 6.18. The molecule has 1 fully saturated rings. The number of rotatable bonds is 4. The Balaban J connectivity index is 1.60. The highest BCUT2D eigenvalue weighted by molar-refractivity contribution is 7.80. The van der Waals surface area contributed by atoms with Crippen LogP contribution in [0.2, 0.25) is 10.0 Å². The normalized spacial score (nSPS) is 18.1. The number of nitrogens with one attached hydrogen (secondary N) is 1. The molecule has 160 valence electrons. The number of furan rings is 1. The highest BCUT2D eigenvalue weighted by Gasteiger charge is 2.42. The van der Waals surface area contributed by atoms with Crippen LogP contribution in [-0.2, 0) is 0 Å². The van der Waals surface area contributed by atoms with E-state index in [1.807, 2.05) is 41.3 Å². The van der Waals surface area contributed by atoms with Crippen LogP contribution in [0.4, 0.5) is 10.1 Å². The summed E-state index contributed by atoms with van der Waals surface area (Å²) in [6.45, 7) is 0. The van der Waals surface area contributed by atoms with Crippen LogP contribution in [0.25, 0.3) is 11.3 Å². The Hall–Kier alpha value is -2.93. The number of anilines is 1. The monoisotopic (exact) mass is 483 g/mol. The van der Waals surface area contributed by atoms with E-state index >= 15 is 0 Å². The lowest BCUT2D eigenvalue weighted by Crippen LogP contribution is -2.29. The Bertz CT molecular complexity index is 1280. The molecule has 4 aromatic rings. The molecule has 1 aliphatic rings. The van der Waals surface area contributed by atoms with Gasteiger partial charge >= 0.3 is 0 Å². The van der Waals surface area contributed by atoms with Crippen molar-refractivity contribution in [1.29, 1.82) is 0 Å². The minimum absolute atomic E-state index is 0.270. The molecule has 2 aromatic heterocycles. The summed E-state index contributed by atoms with van der Waals surface area (Å²) in [4.78, 5) is 6.43. The average Bonchev–Trinajstić information content (AvgIpc) is 3.39. The molecule has 32 heavy (non-hydrogen) atoms. The number of pyridine rings is 1. The molecule has 2 aromatic carbocycles. The van der Waals surface area contributed by atoms with E-state index in [-0.39, 0.29) is 17.9 Å². The maximum atomic E-state index is 13.6. The van der Waals surface area contributed by atoms with Gasteiger partial charge in [0.15, 0.2) is 5.11 Å². The van der Waals surface area contributed by atoms with Crippen molar-refractivity contribution in [1.82, 2.24) is 10.3 Å². The van der Waals surface area contributed by atoms with Crippen molar-refractivity contribution >= 4 is 46.2 Å². The van der Waals surface area contributed by atoms with E-state index < -0.39 is 0 Å². The second kappa shape index (κ2) is 8.54. The van der Waals surface area contributed by atoms with Crippen LogP contribution >= 0.6 is 35.4 Å². The summed E-state index contributed by atoms with van der Waals surface area (Å²) in [7, 11) is 0. The van der Waals surface area contributed by atoms with E-state index in [1.54, 1.807) is 30.5 Å². The van der Waals surface area contributed by atoms with Crippen LogP contribution < -0.4 is 10.2 Å². The standard InChI is InChI=1S/C24H16Cl2FN3OS/c25-14-4-9-17(18(26)13-14)20-10-11-21(31-20)23-22(19-3-1-2-12-28-19)29-24(32)30(23)16-7-5-15(27)6-8-16/h1-13,22-23H,(H,29,32)/t22-,23-/m0/s1. The average molecular weight is 484 g/mol. The highest BCUT2D eigenvalue weighted by atomic mass is 35.5. The molecule has 8 heteroatoms. The summed E-state index contributed by atoms with van der Waals surface area (Å²) < 4.78 is 19.9. The van der Waals surface area contributed by atoms with Crippen molar-refractivity contribution in [2.45, 2.75) is 12.1 Å². The van der Waals surface area contributed by atoms with Crippen molar-refractivity contribution in [3.05, 3.63) is 106 Å². The van der Waals surface area contributed by atoms with Gasteiger partial charge in [-0.2, -0.15) is 0 Å². The van der Waals surface area contributed by atoms with Gasteiger partial charge < -0.3 is 14.6 Å². The first-order chi connectivity index (χ1) is 15.5. The van der Waals surface area contributed by atoms with Gasteiger partial charge in [-0.3, -0.25) is 4.98 Å². The van der Waals surface area contributed by atoms with Crippen molar-refractivity contribution < 1.29 is 8.81 Å². The van der Waals surface area contributed by atoms with Crippen molar-refractivity contribution in [3.63, 3.8) is 0 Å². The van der Waals surface area contributed by atoms with Gasteiger partial charge in [0.05, 0.1) is 16.8 Å². The smallest absolute Gasteiger partial charge is 0.174 e. The van der Waals surface area contributed by atoms with E-state index in [4.69, 9.17) is 39.8 Å². The lowest BCUT2D eigenvalue weighted by atomic mass is 10.0. The molecule has 0 bridgehead atoms. The molecule has 2 atom stereocenters. The molecule has 3 heterocycles. The summed E-state index contributed by atoms with van der Waals surface area (Å²) in [6.07, 6.45) is 1.73. The Morgan fingerprint density at radius 3 is 2.53 bits per heavy atom. The summed E-state index contributed by atoms with van der Waals surface area (Å²) in [5.74, 6) is 0.957. The second-order valence-electron chi connectivity index (χ2n) is 7.30. The molecule has 0 amide bonds. The minimum atomic E-state index is -0.345. The third kappa shape index (κ3) is 3.86. The lowest BCUT2D eigenvalue weighted by Gasteiger charge is -2.26. The molecule has 0 radical (unpaired) electrons. The lowest BCUT2D eigenvalue weighted by molar-refractivity contribution is 0.439. The fourth-order valence-electron chi connectivity index (χ4n) is 3.87. The fourth-order valence-corrected chi connectivity index (χ4v) is 4.72. The molecule has 1 aliphatic heterocycles. The Labute approximate surface area is 199 Å². The highest BCUT2D eigenvalue weighted by Crippen LogP contribution is 2.43. The predicted molar refractivity (Wildman–Crippen MR) is 128 cm³/mol. The van der Waals surface area contributed by atoms with Crippen LogP contribution in [0.1, 0.15) is 23.5 Å². The zero-order chi connectivity index (χ0) is 22.2. The zero-order valence-electron chi connectivity index (χ0n) is 16.5. The molecule has 0 unspecified atom stereocenters. The van der Waals surface area contributed by atoms with Crippen LogP contribution in [0, 0.1) is 5.82 Å². The summed E-state index contributed by atoms with van der Waals surface area (Å²) >= 11 is 18.1. The van der Waals surface area contributed by atoms with Gasteiger partial charge in [0.25, 0.3) is 0 Å². The Kier molecular flexibility index (Phi) is 5.59. The molecular weight excluding hydrogens is 468 g/mol. The summed E-state index contributed by atoms with van der Waals surface area (Å²) in [5, 5.41) is 4.89. The van der Waals surface area contributed by atoms with Gasteiger partial charge in [0, 0.05) is 22.5 Å². The molecular formula is C24H16Cl2FN3OS. The molecule has 0 aliphatic carbocycles. The molecule has 1 N–H and O–H groups in total. The first-order valence-corrected chi connectivity index (χ1v) is 11.0. The zero-order valence-corrected chi connectivity index (χ0v) is 18.8. The van der Waals surface area contributed by atoms with E-state index in [2.05, 4.69) is 10.3 Å². The predicted octanol–water partition coefficient (Wildman–Crippen LogP) is 6.96. The molecule has 4 nitrogen and oxygen atoms in total. The SMILES string of the molecule is Fc1ccc(N2C(=S)N[C@@H](c3ccccn3)[C@@H]2c2ccc(-c3ccc(Cl)cc3Cl)o2)cc1. The molecule has 0 spiro atoms. The molecule has 1 saturated heterocycles. The molecule has 5 rings (SSSR count). The fraction of sp³-hybridized carbons (Fsp3) is 0.0833. The van der Waals surface area contributed by atoms with Crippen LogP contribution in [-0.4, -0.2) is 10.1 Å². The number of benzene rings is 2. The van der Waals surface area contributed by atoms with E-state index in [1.165, 1.54) is 12.1 Å². The number of nitrogens with zero attached hydrogens (tertiary/aromatic N) is 2. The van der Waals surface area contributed by atoms with Crippen LogP contribution in [0.15, 0.2) is 83.4 Å². The first kappa shape index (κ1) is 20.9. The minimum Gasteiger partial charge on any atom is -0.459 e. The number of hydrogen-bond donors (Lipinski definition) is 1. The number of aromatic nitrogens is 1. The van der Waals surface area contributed by atoms with Crippen molar-refractivity contribution in [3.8, 4) is 11.3 Å². The Morgan fingerprint density at radius 2 is 1.81 bits per heavy atom. The number of hydrogen-bond acceptors (Lipinski definition) is 3. The van der Waals surface area contributed by atoms with Crippen molar-refractivity contribution in [2.75, 3.05) is 4.90 Å². The first-order valence-electron chi connectivity index (χ1n) is 9.82. The van der Waals surface area contributed by atoms with Gasteiger partial charge in [-0.05, 0) is 78.9 Å². The van der Waals surface area contributed by atoms with E-state index in [0.717, 1.165) is 16.9 Å². The third-order valence-electron chi connectivity index (χ3n) is 5.32. The van der Waals surface area contributed by atoms with Crippen LogP contribution in [0.5, 0.6) is 0 Å². The van der Waals surface area contributed by atoms with Gasteiger partial charge in [0.1, 0.15) is 23.4 Å². The van der Waals surface area contributed by atoms with Gasteiger partial charge in [0.2, 0.25) is 0 Å².